The highest BCUT2D eigenvalue weighted by Gasteiger charge is 2.38. The number of aryl methyl sites for hydroxylation is 2. The summed E-state index contributed by atoms with van der Waals surface area (Å²) in [5.74, 6) is -1.99. The van der Waals surface area contributed by atoms with Crippen LogP contribution in [0.2, 0.25) is 5.02 Å². The van der Waals surface area contributed by atoms with Gasteiger partial charge in [-0.25, -0.2) is 0 Å². The van der Waals surface area contributed by atoms with E-state index in [-0.39, 0.29) is 5.11 Å². The van der Waals surface area contributed by atoms with Crippen LogP contribution in [0.3, 0.4) is 0 Å². The lowest BCUT2D eigenvalue weighted by atomic mass is 10.1. The fraction of sp³-hybridized carbons (Fsp3) is 0.158. The Bertz CT molecular complexity index is 925. The molecule has 1 aliphatic rings. The largest absolute Gasteiger partial charge is 0.301 e. The van der Waals surface area contributed by atoms with Crippen LogP contribution in [0.25, 0.3) is 0 Å². The average molecular weight is 386 g/mol. The van der Waals surface area contributed by atoms with Crippen molar-refractivity contribution in [2.45, 2.75) is 13.8 Å². The zero-order valence-corrected chi connectivity index (χ0v) is 15.8. The molecule has 0 aliphatic carbocycles. The molecule has 26 heavy (non-hydrogen) atoms. The number of anilines is 1. The number of amides is 2. The van der Waals surface area contributed by atoms with E-state index < -0.39 is 17.7 Å². The first kappa shape index (κ1) is 18.2. The van der Waals surface area contributed by atoms with Gasteiger partial charge in [0.2, 0.25) is 5.91 Å². The van der Waals surface area contributed by atoms with Gasteiger partial charge in [-0.05, 0) is 73.6 Å². The number of halogens is 1. The SMILES string of the molecule is Cc1ccc(N=C[C@@H]2C(=O)NC(=S)N(c3ccc(Cl)cc3)C2=O)cc1C. The third-order valence-corrected chi connectivity index (χ3v) is 4.69. The summed E-state index contributed by atoms with van der Waals surface area (Å²) in [7, 11) is 0. The summed E-state index contributed by atoms with van der Waals surface area (Å²) in [6, 6.07) is 12.3. The van der Waals surface area contributed by atoms with Crippen molar-refractivity contribution in [3.05, 3.63) is 58.6 Å². The standard InChI is InChI=1S/C19H16ClN3O2S/c1-11-3-6-14(9-12(11)2)21-10-16-17(24)22-19(26)23(18(16)25)15-7-4-13(20)5-8-15/h3-10,16H,1-2H3,(H,22,24,26)/t16-/m1/s1. The lowest BCUT2D eigenvalue weighted by Gasteiger charge is -2.30. The maximum atomic E-state index is 12.8. The number of aliphatic imine (C=N–C) groups is 1. The normalized spacial score (nSPS) is 17.7. The molecule has 1 saturated heterocycles. The van der Waals surface area contributed by atoms with E-state index in [9.17, 15) is 9.59 Å². The van der Waals surface area contributed by atoms with Gasteiger partial charge in [-0.2, -0.15) is 0 Å². The number of rotatable bonds is 3. The van der Waals surface area contributed by atoms with E-state index in [2.05, 4.69) is 10.3 Å². The molecule has 2 aromatic rings. The first-order valence-electron chi connectivity index (χ1n) is 7.92. The van der Waals surface area contributed by atoms with Gasteiger partial charge in [0.1, 0.15) is 0 Å². The maximum absolute atomic E-state index is 12.8. The van der Waals surface area contributed by atoms with E-state index in [4.69, 9.17) is 23.8 Å². The van der Waals surface area contributed by atoms with Crippen molar-refractivity contribution < 1.29 is 9.59 Å². The van der Waals surface area contributed by atoms with Gasteiger partial charge in [0.05, 0.1) is 11.4 Å². The third kappa shape index (κ3) is 3.66. The van der Waals surface area contributed by atoms with Crippen LogP contribution in [0.4, 0.5) is 11.4 Å². The molecule has 5 nitrogen and oxygen atoms in total. The molecular formula is C19H16ClN3O2S. The zero-order chi connectivity index (χ0) is 18.8. The van der Waals surface area contributed by atoms with Crippen LogP contribution < -0.4 is 10.2 Å². The van der Waals surface area contributed by atoms with Crippen molar-refractivity contribution in [2.24, 2.45) is 10.9 Å². The number of thiocarbonyl (C=S) groups is 1. The van der Waals surface area contributed by atoms with Gasteiger partial charge in [0, 0.05) is 11.2 Å². The molecule has 1 fully saturated rings. The minimum absolute atomic E-state index is 0.0400. The first-order chi connectivity index (χ1) is 12.4. The molecule has 0 bridgehead atoms. The molecule has 3 rings (SSSR count). The molecule has 0 spiro atoms. The van der Waals surface area contributed by atoms with Gasteiger partial charge in [-0.3, -0.25) is 19.5 Å². The van der Waals surface area contributed by atoms with Crippen LogP contribution in [-0.4, -0.2) is 23.1 Å². The van der Waals surface area contributed by atoms with Gasteiger partial charge < -0.3 is 5.32 Å². The second-order valence-electron chi connectivity index (χ2n) is 5.97. The van der Waals surface area contributed by atoms with Gasteiger partial charge in [-0.15, -0.1) is 0 Å². The molecule has 0 saturated carbocycles. The van der Waals surface area contributed by atoms with Gasteiger partial charge >= 0.3 is 0 Å². The number of benzene rings is 2. The molecule has 1 heterocycles. The van der Waals surface area contributed by atoms with Crippen LogP contribution in [0.15, 0.2) is 47.5 Å². The predicted molar refractivity (Wildman–Crippen MR) is 107 cm³/mol. The van der Waals surface area contributed by atoms with Gasteiger partial charge in [0.25, 0.3) is 5.91 Å². The topological polar surface area (TPSA) is 61.8 Å². The van der Waals surface area contributed by atoms with Crippen molar-refractivity contribution in [1.82, 2.24) is 5.32 Å². The molecule has 2 aromatic carbocycles. The van der Waals surface area contributed by atoms with Crippen molar-refractivity contribution in [1.29, 1.82) is 0 Å². The summed E-state index contributed by atoms with van der Waals surface area (Å²) < 4.78 is 0. The Kier molecular flexibility index (Phi) is 5.15. The number of nitrogens with one attached hydrogen (secondary N) is 1. The Morgan fingerprint density at radius 1 is 1.12 bits per heavy atom. The second-order valence-corrected chi connectivity index (χ2v) is 6.79. The Labute approximate surface area is 161 Å². The second kappa shape index (κ2) is 7.35. The monoisotopic (exact) mass is 385 g/mol. The Morgan fingerprint density at radius 2 is 1.81 bits per heavy atom. The highest BCUT2D eigenvalue weighted by atomic mass is 35.5. The van der Waals surface area contributed by atoms with E-state index in [1.54, 1.807) is 24.3 Å². The van der Waals surface area contributed by atoms with Gasteiger partial charge in [-0.1, -0.05) is 17.7 Å². The third-order valence-electron chi connectivity index (χ3n) is 4.15. The average Bonchev–Trinajstić information content (AvgIpc) is 2.59. The minimum atomic E-state index is -1.06. The Balaban J connectivity index is 1.88. The molecule has 0 aromatic heterocycles. The maximum Gasteiger partial charge on any atom is 0.251 e. The molecule has 1 N–H and O–H groups in total. The number of nitrogens with zero attached hydrogens (tertiary/aromatic N) is 2. The number of hydrogen-bond donors (Lipinski definition) is 1. The molecule has 1 atom stereocenters. The minimum Gasteiger partial charge on any atom is -0.301 e. The summed E-state index contributed by atoms with van der Waals surface area (Å²) in [6.07, 6.45) is 1.35. The smallest absolute Gasteiger partial charge is 0.251 e. The highest BCUT2D eigenvalue weighted by molar-refractivity contribution is 7.80. The number of hydrogen-bond acceptors (Lipinski definition) is 4. The lowest BCUT2D eigenvalue weighted by molar-refractivity contribution is -0.130. The van der Waals surface area contributed by atoms with Crippen LogP contribution in [0.1, 0.15) is 11.1 Å². The lowest BCUT2D eigenvalue weighted by Crippen LogP contribution is -2.58. The number of carbonyl (C=O) groups is 2. The summed E-state index contributed by atoms with van der Waals surface area (Å²) in [5.41, 5.74) is 3.45. The van der Waals surface area contributed by atoms with E-state index in [0.29, 0.717) is 16.4 Å². The molecule has 132 valence electrons. The quantitative estimate of drug-likeness (QED) is 0.497. The van der Waals surface area contributed by atoms with Crippen LogP contribution in [0.5, 0.6) is 0 Å². The van der Waals surface area contributed by atoms with Gasteiger partial charge in [0.15, 0.2) is 11.0 Å². The van der Waals surface area contributed by atoms with E-state index in [1.807, 2.05) is 32.0 Å². The summed E-state index contributed by atoms with van der Waals surface area (Å²) in [4.78, 5) is 30.6. The van der Waals surface area contributed by atoms with E-state index in [1.165, 1.54) is 11.1 Å². The van der Waals surface area contributed by atoms with Crippen LogP contribution in [-0.2, 0) is 9.59 Å². The summed E-state index contributed by atoms with van der Waals surface area (Å²) in [5, 5.41) is 3.14. The molecule has 1 aliphatic heterocycles. The van der Waals surface area contributed by atoms with E-state index >= 15 is 0 Å². The summed E-state index contributed by atoms with van der Waals surface area (Å²) >= 11 is 11.0. The Morgan fingerprint density at radius 3 is 2.46 bits per heavy atom. The van der Waals surface area contributed by atoms with Crippen molar-refractivity contribution in [3.8, 4) is 0 Å². The zero-order valence-electron chi connectivity index (χ0n) is 14.2. The molecular weight excluding hydrogens is 370 g/mol. The molecule has 0 unspecified atom stereocenters. The summed E-state index contributed by atoms with van der Waals surface area (Å²) in [6.45, 7) is 3.99. The predicted octanol–water partition coefficient (Wildman–Crippen LogP) is 3.72. The van der Waals surface area contributed by atoms with Crippen LogP contribution >= 0.6 is 23.8 Å². The van der Waals surface area contributed by atoms with Crippen LogP contribution in [0, 0.1) is 19.8 Å². The fourth-order valence-electron chi connectivity index (χ4n) is 2.52. The van der Waals surface area contributed by atoms with Crippen molar-refractivity contribution in [2.75, 3.05) is 4.90 Å². The van der Waals surface area contributed by atoms with Crippen molar-refractivity contribution in [3.63, 3.8) is 0 Å². The number of carbonyl (C=O) groups excluding carboxylic acids is 2. The highest BCUT2D eigenvalue weighted by Crippen LogP contribution is 2.23. The first-order valence-corrected chi connectivity index (χ1v) is 8.71. The molecule has 0 radical (unpaired) electrons. The Hall–Kier alpha value is -2.57. The fourth-order valence-corrected chi connectivity index (χ4v) is 2.94. The van der Waals surface area contributed by atoms with E-state index in [0.717, 1.165) is 11.1 Å². The molecule has 2 amide bonds. The molecule has 7 heteroatoms. The van der Waals surface area contributed by atoms with Crippen molar-refractivity contribution >= 4 is 58.3 Å².